The van der Waals surface area contributed by atoms with Crippen molar-refractivity contribution in [2.75, 3.05) is 6.61 Å². The Balaban J connectivity index is 1.93. The molecule has 0 aliphatic heterocycles. The van der Waals surface area contributed by atoms with Crippen LogP contribution in [0.5, 0.6) is 5.88 Å². The Morgan fingerprint density at radius 3 is 2.74 bits per heavy atom. The van der Waals surface area contributed by atoms with E-state index in [2.05, 4.69) is 10.3 Å². The van der Waals surface area contributed by atoms with Gasteiger partial charge in [-0.15, -0.1) is 0 Å². The number of nitrogens with zero attached hydrogens (tertiary/aromatic N) is 1. The SMILES string of the molecule is Fc1cnc(OCCC(F)(F)F)c(CNC2CC2)c1. The summed E-state index contributed by atoms with van der Waals surface area (Å²) in [4.78, 5) is 3.69. The fourth-order valence-electron chi connectivity index (χ4n) is 1.53. The first kappa shape index (κ1) is 14.0. The summed E-state index contributed by atoms with van der Waals surface area (Å²) in [5.74, 6) is -0.477. The molecule has 1 N–H and O–H groups in total. The van der Waals surface area contributed by atoms with Gasteiger partial charge in [-0.05, 0) is 18.9 Å². The monoisotopic (exact) mass is 278 g/mol. The summed E-state index contributed by atoms with van der Waals surface area (Å²) < 4.78 is 54.1. The summed E-state index contributed by atoms with van der Waals surface area (Å²) in [6.07, 6.45) is -2.27. The number of rotatable bonds is 6. The summed E-state index contributed by atoms with van der Waals surface area (Å²) in [5.41, 5.74) is 0.439. The van der Waals surface area contributed by atoms with Crippen LogP contribution in [0.15, 0.2) is 12.3 Å². The minimum Gasteiger partial charge on any atom is -0.477 e. The molecule has 1 aromatic heterocycles. The average molecular weight is 278 g/mol. The first-order valence-corrected chi connectivity index (χ1v) is 6.01. The van der Waals surface area contributed by atoms with E-state index in [1.165, 1.54) is 6.07 Å². The summed E-state index contributed by atoms with van der Waals surface area (Å²) >= 11 is 0. The van der Waals surface area contributed by atoms with E-state index in [1.807, 2.05) is 0 Å². The molecule has 2 rings (SSSR count). The Morgan fingerprint density at radius 1 is 1.37 bits per heavy atom. The Labute approximate surface area is 108 Å². The molecule has 0 bridgehead atoms. The molecule has 3 nitrogen and oxygen atoms in total. The highest BCUT2D eigenvalue weighted by Crippen LogP contribution is 2.23. The summed E-state index contributed by atoms with van der Waals surface area (Å²) in [6, 6.07) is 1.64. The summed E-state index contributed by atoms with van der Waals surface area (Å²) in [6.45, 7) is -0.171. The third-order valence-electron chi connectivity index (χ3n) is 2.67. The first-order chi connectivity index (χ1) is 8.94. The average Bonchev–Trinajstić information content (AvgIpc) is 3.11. The maximum absolute atomic E-state index is 13.1. The molecule has 0 amide bonds. The highest BCUT2D eigenvalue weighted by molar-refractivity contribution is 5.26. The van der Waals surface area contributed by atoms with Gasteiger partial charge in [-0.3, -0.25) is 0 Å². The van der Waals surface area contributed by atoms with Crippen LogP contribution in [-0.4, -0.2) is 23.8 Å². The maximum atomic E-state index is 13.1. The van der Waals surface area contributed by atoms with E-state index in [9.17, 15) is 17.6 Å². The molecule has 0 unspecified atom stereocenters. The molecule has 0 atom stereocenters. The number of halogens is 4. The number of nitrogens with one attached hydrogen (secondary N) is 1. The van der Waals surface area contributed by atoms with E-state index < -0.39 is 25.0 Å². The molecule has 1 fully saturated rings. The zero-order chi connectivity index (χ0) is 13.9. The largest absolute Gasteiger partial charge is 0.477 e. The third kappa shape index (κ3) is 5.02. The summed E-state index contributed by atoms with van der Waals surface area (Å²) in [7, 11) is 0. The van der Waals surface area contributed by atoms with Gasteiger partial charge in [-0.2, -0.15) is 13.2 Å². The van der Waals surface area contributed by atoms with Gasteiger partial charge in [0.25, 0.3) is 0 Å². The minimum atomic E-state index is -4.27. The van der Waals surface area contributed by atoms with Crippen molar-refractivity contribution in [3.63, 3.8) is 0 Å². The van der Waals surface area contributed by atoms with Crippen molar-refractivity contribution in [2.45, 2.75) is 38.0 Å². The molecule has 1 saturated carbocycles. The second-order valence-electron chi connectivity index (χ2n) is 4.49. The van der Waals surface area contributed by atoms with E-state index in [0.29, 0.717) is 18.2 Å². The molecule has 7 heteroatoms. The predicted octanol–water partition coefficient (Wildman–Crippen LogP) is 2.80. The van der Waals surface area contributed by atoms with Crippen LogP contribution in [0.3, 0.4) is 0 Å². The van der Waals surface area contributed by atoms with Crippen molar-refractivity contribution in [2.24, 2.45) is 0 Å². The second kappa shape index (κ2) is 5.73. The number of pyridine rings is 1. The summed E-state index contributed by atoms with van der Waals surface area (Å²) in [5, 5.41) is 3.14. The van der Waals surface area contributed by atoms with Crippen LogP contribution >= 0.6 is 0 Å². The Kier molecular flexibility index (Phi) is 4.24. The smallest absolute Gasteiger partial charge is 0.392 e. The van der Waals surface area contributed by atoms with Gasteiger partial charge in [-0.25, -0.2) is 9.37 Å². The van der Waals surface area contributed by atoms with Crippen LogP contribution < -0.4 is 10.1 Å². The number of aromatic nitrogens is 1. The number of hydrogen-bond acceptors (Lipinski definition) is 3. The Morgan fingerprint density at radius 2 is 2.11 bits per heavy atom. The third-order valence-corrected chi connectivity index (χ3v) is 2.67. The molecule has 0 saturated heterocycles. The molecule has 1 heterocycles. The van der Waals surface area contributed by atoms with Crippen molar-refractivity contribution in [1.29, 1.82) is 0 Å². The van der Waals surface area contributed by atoms with Crippen molar-refractivity contribution >= 4 is 0 Å². The first-order valence-electron chi connectivity index (χ1n) is 6.01. The van der Waals surface area contributed by atoms with E-state index in [1.54, 1.807) is 0 Å². The van der Waals surface area contributed by atoms with Gasteiger partial charge in [0.05, 0.1) is 19.2 Å². The molecular formula is C12H14F4N2O. The van der Waals surface area contributed by atoms with Gasteiger partial charge in [0.15, 0.2) is 0 Å². The molecule has 0 spiro atoms. The minimum absolute atomic E-state index is 0.0544. The van der Waals surface area contributed by atoms with Gasteiger partial charge in [0.1, 0.15) is 5.82 Å². The molecule has 1 aliphatic rings. The fourth-order valence-corrected chi connectivity index (χ4v) is 1.53. The topological polar surface area (TPSA) is 34.1 Å². The lowest BCUT2D eigenvalue weighted by molar-refractivity contribution is -0.139. The fraction of sp³-hybridized carbons (Fsp3) is 0.583. The molecular weight excluding hydrogens is 264 g/mol. The van der Waals surface area contributed by atoms with E-state index in [-0.39, 0.29) is 5.88 Å². The zero-order valence-electron chi connectivity index (χ0n) is 10.1. The molecule has 106 valence electrons. The van der Waals surface area contributed by atoms with Crippen LogP contribution in [0.25, 0.3) is 0 Å². The van der Waals surface area contributed by atoms with Crippen molar-refractivity contribution in [1.82, 2.24) is 10.3 Å². The lowest BCUT2D eigenvalue weighted by Gasteiger charge is -2.12. The van der Waals surface area contributed by atoms with Gasteiger partial charge >= 0.3 is 6.18 Å². The van der Waals surface area contributed by atoms with Crippen LogP contribution in [0.2, 0.25) is 0 Å². The van der Waals surface area contributed by atoms with Crippen molar-refractivity contribution in [3.05, 3.63) is 23.6 Å². The quantitative estimate of drug-likeness (QED) is 0.812. The van der Waals surface area contributed by atoms with Gasteiger partial charge in [0.2, 0.25) is 5.88 Å². The Hall–Kier alpha value is -1.37. The number of alkyl halides is 3. The zero-order valence-corrected chi connectivity index (χ0v) is 10.1. The van der Waals surface area contributed by atoms with E-state index in [4.69, 9.17) is 4.74 Å². The molecule has 1 aliphatic carbocycles. The van der Waals surface area contributed by atoms with Gasteiger partial charge in [0, 0.05) is 18.2 Å². The molecule has 0 aromatic carbocycles. The highest BCUT2D eigenvalue weighted by Gasteiger charge is 2.27. The van der Waals surface area contributed by atoms with E-state index in [0.717, 1.165) is 19.0 Å². The van der Waals surface area contributed by atoms with Crippen molar-refractivity contribution < 1.29 is 22.3 Å². The lowest BCUT2D eigenvalue weighted by Crippen LogP contribution is -2.18. The highest BCUT2D eigenvalue weighted by atomic mass is 19.4. The maximum Gasteiger partial charge on any atom is 0.392 e. The normalized spacial score (nSPS) is 15.6. The lowest BCUT2D eigenvalue weighted by atomic mass is 10.2. The standard InChI is InChI=1S/C12H14F4N2O/c13-9-5-8(6-17-10-1-2-10)11(18-7-9)19-4-3-12(14,15)16/h5,7,10,17H,1-4,6H2. The van der Waals surface area contributed by atoms with Crippen LogP contribution in [0.4, 0.5) is 17.6 Å². The van der Waals surface area contributed by atoms with Crippen LogP contribution in [-0.2, 0) is 6.54 Å². The van der Waals surface area contributed by atoms with Crippen LogP contribution in [0, 0.1) is 5.82 Å². The van der Waals surface area contributed by atoms with Crippen molar-refractivity contribution in [3.8, 4) is 5.88 Å². The number of ether oxygens (including phenoxy) is 1. The predicted molar refractivity (Wildman–Crippen MR) is 60.2 cm³/mol. The van der Waals surface area contributed by atoms with E-state index >= 15 is 0 Å². The van der Waals surface area contributed by atoms with Gasteiger partial charge < -0.3 is 10.1 Å². The molecule has 0 radical (unpaired) electrons. The molecule has 1 aromatic rings. The molecule has 19 heavy (non-hydrogen) atoms. The number of hydrogen-bond donors (Lipinski definition) is 1. The Bertz CT molecular complexity index is 432. The van der Waals surface area contributed by atoms with Crippen LogP contribution in [0.1, 0.15) is 24.8 Å². The van der Waals surface area contributed by atoms with Gasteiger partial charge in [-0.1, -0.05) is 0 Å². The second-order valence-corrected chi connectivity index (χ2v) is 4.49.